The fourth-order valence-corrected chi connectivity index (χ4v) is 8.99. The third kappa shape index (κ3) is 7.95. The maximum absolute atomic E-state index is 5.19. The van der Waals surface area contributed by atoms with Crippen LogP contribution in [0, 0.1) is 0 Å². The highest BCUT2D eigenvalue weighted by Crippen LogP contribution is 2.37. The molecule has 8 heteroatoms. The minimum Gasteiger partial charge on any atom is -0.385 e. The second-order valence-corrected chi connectivity index (χ2v) is 14.8. The molecule has 0 amide bonds. The molecule has 4 aromatic heterocycles. The second kappa shape index (κ2) is 15.4. The summed E-state index contributed by atoms with van der Waals surface area (Å²) in [6.45, 7) is 5.55. The Morgan fingerprint density at radius 1 is 0.800 bits per heavy atom. The molecule has 4 heterocycles. The van der Waals surface area contributed by atoms with Crippen molar-refractivity contribution in [3.8, 4) is 21.0 Å². The molecule has 0 aliphatic carbocycles. The first kappa shape index (κ1) is 31.7. The number of ether oxygens (including phenoxy) is 2. The highest BCUT2D eigenvalue weighted by Gasteiger charge is 2.13. The number of aryl methyl sites for hydroxylation is 2. The van der Waals surface area contributed by atoms with Crippen LogP contribution in [0.3, 0.4) is 0 Å². The molecule has 2 aromatic carbocycles. The lowest BCUT2D eigenvalue weighted by Gasteiger charge is -2.00. The van der Waals surface area contributed by atoms with Gasteiger partial charge in [-0.15, -0.1) is 45.3 Å². The molecular weight excluding hydrogens is 633 g/mol. The molecule has 0 atom stereocenters. The van der Waals surface area contributed by atoms with E-state index < -0.39 is 0 Å². The SMILES string of the molecule is C=C/C=C(\C=C/Cc1cc(CCCOC)cs1)c1nc2cc3sc(-c4ccc(-c5cc(CCCOC)cs5)cc4)nc3cc2s1. The third-order valence-corrected chi connectivity index (χ3v) is 11.6. The van der Waals surface area contributed by atoms with Crippen molar-refractivity contribution in [3.63, 3.8) is 0 Å². The van der Waals surface area contributed by atoms with E-state index in [1.807, 2.05) is 23.5 Å². The fourth-order valence-electron chi connectivity index (χ4n) is 5.16. The summed E-state index contributed by atoms with van der Waals surface area (Å²) >= 11 is 7.06. The quantitative estimate of drug-likeness (QED) is 0.0807. The Hall–Kier alpha value is -3.24. The Bertz CT molecular complexity index is 1890. The second-order valence-electron chi connectivity index (χ2n) is 10.8. The Kier molecular flexibility index (Phi) is 10.8. The van der Waals surface area contributed by atoms with Gasteiger partial charge < -0.3 is 9.47 Å². The average Bonchev–Trinajstić information content (AvgIpc) is 3.86. The van der Waals surface area contributed by atoms with Crippen LogP contribution in [0.25, 0.3) is 47.0 Å². The van der Waals surface area contributed by atoms with Gasteiger partial charge in [0.05, 0.1) is 20.4 Å². The Balaban J connectivity index is 1.15. The first-order valence-electron chi connectivity index (χ1n) is 15.1. The van der Waals surface area contributed by atoms with Crippen LogP contribution in [0.1, 0.15) is 33.9 Å². The minimum atomic E-state index is 0.801. The lowest BCUT2D eigenvalue weighted by atomic mass is 10.1. The molecule has 0 spiro atoms. The van der Waals surface area contributed by atoms with Crippen molar-refractivity contribution in [1.29, 1.82) is 0 Å². The van der Waals surface area contributed by atoms with Crippen molar-refractivity contribution in [1.82, 2.24) is 9.97 Å². The molecule has 230 valence electrons. The third-order valence-electron chi connectivity index (χ3n) is 7.46. The van der Waals surface area contributed by atoms with Crippen LogP contribution in [0.4, 0.5) is 0 Å². The molecule has 45 heavy (non-hydrogen) atoms. The van der Waals surface area contributed by atoms with E-state index in [0.29, 0.717) is 0 Å². The number of thiazole rings is 2. The van der Waals surface area contributed by atoms with Gasteiger partial charge in [0.15, 0.2) is 0 Å². The fraction of sp³-hybridized carbons (Fsp3) is 0.243. The number of methoxy groups -OCH3 is 2. The monoisotopic (exact) mass is 668 g/mol. The van der Waals surface area contributed by atoms with Gasteiger partial charge in [0.1, 0.15) is 10.0 Å². The number of hydrogen-bond donors (Lipinski definition) is 0. The number of allylic oxidation sites excluding steroid dienone is 5. The van der Waals surface area contributed by atoms with E-state index in [1.54, 1.807) is 48.2 Å². The van der Waals surface area contributed by atoms with Gasteiger partial charge >= 0.3 is 0 Å². The highest BCUT2D eigenvalue weighted by atomic mass is 32.1. The number of nitrogens with zero attached hydrogens (tertiary/aromatic N) is 2. The summed E-state index contributed by atoms with van der Waals surface area (Å²) in [5.41, 5.74) is 8.26. The van der Waals surface area contributed by atoms with Crippen molar-refractivity contribution >= 4 is 71.4 Å². The van der Waals surface area contributed by atoms with Gasteiger partial charge in [0.2, 0.25) is 0 Å². The molecule has 0 aliphatic rings. The van der Waals surface area contributed by atoms with Crippen LogP contribution in [-0.2, 0) is 28.7 Å². The molecule has 6 aromatic rings. The molecule has 0 unspecified atom stereocenters. The number of thiophene rings is 2. The van der Waals surface area contributed by atoms with Gasteiger partial charge in [-0.1, -0.05) is 55.1 Å². The normalized spacial score (nSPS) is 12.3. The van der Waals surface area contributed by atoms with E-state index in [-0.39, 0.29) is 0 Å². The van der Waals surface area contributed by atoms with E-state index >= 15 is 0 Å². The van der Waals surface area contributed by atoms with Crippen molar-refractivity contribution in [2.24, 2.45) is 0 Å². The van der Waals surface area contributed by atoms with Gasteiger partial charge in [-0.3, -0.25) is 0 Å². The number of fused-ring (bicyclic) bond motifs is 2. The smallest absolute Gasteiger partial charge is 0.124 e. The minimum absolute atomic E-state index is 0.801. The Morgan fingerprint density at radius 3 is 2.20 bits per heavy atom. The average molecular weight is 669 g/mol. The van der Waals surface area contributed by atoms with Crippen LogP contribution in [-0.4, -0.2) is 37.4 Å². The summed E-state index contributed by atoms with van der Waals surface area (Å²) in [6.07, 6.45) is 13.4. The van der Waals surface area contributed by atoms with Crippen LogP contribution in [0.2, 0.25) is 0 Å². The molecule has 0 bridgehead atoms. The lowest BCUT2D eigenvalue weighted by Crippen LogP contribution is -1.90. The molecule has 0 saturated heterocycles. The molecule has 4 nitrogen and oxygen atoms in total. The van der Waals surface area contributed by atoms with Crippen molar-refractivity contribution < 1.29 is 9.47 Å². The zero-order chi connectivity index (χ0) is 31.0. The summed E-state index contributed by atoms with van der Waals surface area (Å²) < 4.78 is 12.7. The molecule has 0 aliphatic heterocycles. The first-order chi connectivity index (χ1) is 22.1. The molecule has 0 N–H and O–H groups in total. The van der Waals surface area contributed by atoms with E-state index in [1.165, 1.54) is 26.4 Å². The van der Waals surface area contributed by atoms with Crippen LogP contribution < -0.4 is 0 Å². The zero-order valence-electron chi connectivity index (χ0n) is 25.6. The Labute approximate surface area is 281 Å². The van der Waals surface area contributed by atoms with E-state index in [2.05, 4.69) is 78.0 Å². The van der Waals surface area contributed by atoms with Gasteiger partial charge in [-0.25, -0.2) is 9.97 Å². The van der Waals surface area contributed by atoms with E-state index in [9.17, 15) is 0 Å². The molecule has 0 radical (unpaired) electrons. The van der Waals surface area contributed by atoms with Crippen molar-refractivity contribution in [2.75, 3.05) is 27.4 Å². The highest BCUT2D eigenvalue weighted by molar-refractivity contribution is 7.22. The van der Waals surface area contributed by atoms with Crippen LogP contribution in [0.15, 0.2) is 90.2 Å². The maximum atomic E-state index is 5.19. The van der Waals surface area contributed by atoms with Gasteiger partial charge in [0, 0.05) is 54.7 Å². The summed E-state index contributed by atoms with van der Waals surface area (Å²) in [5.74, 6) is 0. The predicted octanol–water partition coefficient (Wildman–Crippen LogP) is 10.9. The first-order valence-corrected chi connectivity index (χ1v) is 18.5. The standard InChI is InChI=1S/C37H36N2O2S4/c1-4-8-28(11-5-12-30-19-25(23-42-30)9-6-17-40-2)36-38-31-21-35-32(22-34(31)44-36)39-37(45-35)29-15-13-27(14-16-29)33-20-26(24-43-33)10-7-18-41-3/h4-5,8,11,13-16,19-24H,1,6-7,9-10,12,17-18H2,2-3H3/b11-5-,28-8+. The number of aromatic nitrogens is 2. The van der Waals surface area contributed by atoms with Gasteiger partial charge in [0.25, 0.3) is 0 Å². The molecule has 0 saturated carbocycles. The zero-order valence-corrected chi connectivity index (χ0v) is 28.8. The van der Waals surface area contributed by atoms with Crippen molar-refractivity contribution in [2.45, 2.75) is 32.1 Å². The summed E-state index contributed by atoms with van der Waals surface area (Å²) in [5, 5.41) is 6.55. The molecule has 6 rings (SSSR count). The van der Waals surface area contributed by atoms with E-state index in [0.717, 1.165) is 86.9 Å². The summed E-state index contributed by atoms with van der Waals surface area (Å²) in [6, 6.07) is 17.8. The summed E-state index contributed by atoms with van der Waals surface area (Å²) in [7, 11) is 3.52. The molecule has 0 fully saturated rings. The number of hydrogen-bond acceptors (Lipinski definition) is 8. The maximum Gasteiger partial charge on any atom is 0.124 e. The van der Waals surface area contributed by atoms with E-state index in [4.69, 9.17) is 19.4 Å². The predicted molar refractivity (Wildman–Crippen MR) is 197 cm³/mol. The van der Waals surface area contributed by atoms with Crippen molar-refractivity contribution in [3.05, 3.63) is 111 Å². The topological polar surface area (TPSA) is 44.2 Å². The van der Waals surface area contributed by atoms with Crippen LogP contribution >= 0.6 is 45.3 Å². The van der Waals surface area contributed by atoms with Crippen LogP contribution in [0.5, 0.6) is 0 Å². The lowest BCUT2D eigenvalue weighted by molar-refractivity contribution is 0.195. The number of rotatable bonds is 15. The number of benzene rings is 2. The largest absolute Gasteiger partial charge is 0.385 e. The summed E-state index contributed by atoms with van der Waals surface area (Å²) in [4.78, 5) is 12.7. The Morgan fingerprint density at radius 2 is 1.47 bits per heavy atom. The molecular formula is C37H36N2O2S4. The van der Waals surface area contributed by atoms with Gasteiger partial charge in [-0.05, 0) is 77.4 Å². The van der Waals surface area contributed by atoms with Gasteiger partial charge in [-0.2, -0.15) is 0 Å².